The van der Waals surface area contributed by atoms with Gasteiger partial charge in [-0.25, -0.2) is 0 Å². The molecule has 0 radical (unpaired) electrons. The third kappa shape index (κ3) is 59.6. The van der Waals surface area contributed by atoms with E-state index in [9.17, 15) is 19.8 Å². The number of ether oxygens (including phenoxy) is 1. The minimum absolute atomic E-state index is 0.00999. The molecule has 0 aliphatic heterocycles. The first-order valence-corrected chi connectivity index (χ1v) is 33.6. The van der Waals surface area contributed by atoms with Gasteiger partial charge in [0, 0.05) is 12.8 Å². The fourth-order valence-corrected chi connectivity index (χ4v) is 10.6. The Morgan fingerprint density at radius 3 is 0.986 bits per heavy atom. The maximum atomic E-state index is 12.5. The standard InChI is InChI=1S/C68H131NO5/c1-3-5-7-9-11-13-15-17-34-37-40-44-48-52-56-60-66(71)65(64-70)69-67(72)61-57-53-49-45-41-38-35-32-30-28-26-24-22-20-18-19-21-23-25-27-29-31-33-36-39-43-47-51-55-59-63-74-68(73)62-58-54-50-46-42-16-14-12-10-8-6-4-2/h12,14,56,60,65-66,70-71H,3-11,13,15-55,57-59,61-64H2,1-2H3,(H,69,72)/b14-12-,60-56+. The van der Waals surface area contributed by atoms with Crippen LogP contribution in [0.4, 0.5) is 0 Å². The number of hydrogen-bond donors (Lipinski definition) is 3. The Labute approximate surface area is 462 Å². The van der Waals surface area contributed by atoms with E-state index in [2.05, 4.69) is 31.3 Å². The summed E-state index contributed by atoms with van der Waals surface area (Å²) in [4.78, 5) is 24.5. The molecular weight excluding hydrogens is 911 g/mol. The van der Waals surface area contributed by atoms with Gasteiger partial charge in [0.1, 0.15) is 0 Å². The van der Waals surface area contributed by atoms with Gasteiger partial charge in [0.05, 0.1) is 25.4 Å². The van der Waals surface area contributed by atoms with Crippen LogP contribution in [0, 0.1) is 0 Å². The van der Waals surface area contributed by atoms with Gasteiger partial charge in [-0.2, -0.15) is 0 Å². The van der Waals surface area contributed by atoms with Gasteiger partial charge in [0.15, 0.2) is 0 Å². The second-order valence-corrected chi connectivity index (χ2v) is 23.2. The summed E-state index contributed by atoms with van der Waals surface area (Å²) in [5.41, 5.74) is 0. The van der Waals surface area contributed by atoms with Crippen molar-refractivity contribution in [1.82, 2.24) is 5.32 Å². The summed E-state index contributed by atoms with van der Waals surface area (Å²) in [6, 6.07) is -0.624. The van der Waals surface area contributed by atoms with E-state index in [1.165, 1.54) is 302 Å². The van der Waals surface area contributed by atoms with E-state index < -0.39 is 12.1 Å². The Kier molecular flexibility index (Phi) is 62.4. The summed E-state index contributed by atoms with van der Waals surface area (Å²) in [6.45, 7) is 4.90. The van der Waals surface area contributed by atoms with Crippen LogP contribution in [0.5, 0.6) is 0 Å². The summed E-state index contributed by atoms with van der Waals surface area (Å²) in [6.07, 6.45) is 79.6. The first-order chi connectivity index (χ1) is 36.5. The number of carbonyl (C=O) groups is 2. The minimum Gasteiger partial charge on any atom is -0.466 e. The predicted octanol–water partition coefficient (Wildman–Crippen LogP) is 21.4. The van der Waals surface area contributed by atoms with Crippen molar-refractivity contribution in [3.8, 4) is 0 Å². The largest absolute Gasteiger partial charge is 0.466 e. The van der Waals surface area contributed by atoms with Crippen molar-refractivity contribution in [3.63, 3.8) is 0 Å². The monoisotopic (exact) mass is 1040 g/mol. The maximum Gasteiger partial charge on any atom is 0.305 e. The van der Waals surface area contributed by atoms with Crippen LogP contribution in [0.25, 0.3) is 0 Å². The van der Waals surface area contributed by atoms with Crippen molar-refractivity contribution in [2.45, 2.75) is 386 Å². The number of aliphatic hydroxyl groups excluding tert-OH is 2. The lowest BCUT2D eigenvalue weighted by atomic mass is 10.0. The lowest BCUT2D eigenvalue weighted by molar-refractivity contribution is -0.143. The average Bonchev–Trinajstić information content (AvgIpc) is 3.40. The topological polar surface area (TPSA) is 95.9 Å². The third-order valence-corrected chi connectivity index (χ3v) is 15.7. The van der Waals surface area contributed by atoms with Crippen LogP contribution in [-0.4, -0.2) is 47.4 Å². The number of amides is 1. The molecule has 0 saturated heterocycles. The summed E-state index contributed by atoms with van der Waals surface area (Å²) in [5, 5.41) is 23.2. The second kappa shape index (κ2) is 63.9. The molecule has 0 aliphatic carbocycles. The quantitative estimate of drug-likeness (QED) is 0.0320. The average molecular weight is 1040 g/mol. The van der Waals surface area contributed by atoms with Gasteiger partial charge in [-0.3, -0.25) is 9.59 Å². The second-order valence-electron chi connectivity index (χ2n) is 23.2. The van der Waals surface area contributed by atoms with E-state index in [4.69, 9.17) is 4.74 Å². The molecule has 0 aromatic rings. The molecule has 2 atom stereocenters. The SMILES string of the molecule is CCCCC/C=C\CCCCCCCC(=O)OCCCCCCCCCCCCCCCCCCCCCCCCCCCCCCCCC(=O)NC(CO)C(O)/C=C/CCCCCCCCCCCCCCC. The van der Waals surface area contributed by atoms with E-state index in [-0.39, 0.29) is 18.5 Å². The fraction of sp³-hybridized carbons (Fsp3) is 0.912. The molecule has 0 aliphatic rings. The van der Waals surface area contributed by atoms with Gasteiger partial charge >= 0.3 is 5.97 Å². The Morgan fingerprint density at radius 2 is 0.635 bits per heavy atom. The molecular formula is C68H131NO5. The van der Waals surface area contributed by atoms with Crippen molar-refractivity contribution >= 4 is 11.9 Å². The molecule has 2 unspecified atom stereocenters. The summed E-state index contributed by atoms with van der Waals surface area (Å²) < 4.78 is 5.47. The molecule has 6 heteroatoms. The number of nitrogens with one attached hydrogen (secondary N) is 1. The van der Waals surface area contributed by atoms with Crippen LogP contribution in [0.2, 0.25) is 0 Å². The van der Waals surface area contributed by atoms with Crippen LogP contribution in [0.1, 0.15) is 373 Å². The highest BCUT2D eigenvalue weighted by Gasteiger charge is 2.18. The zero-order valence-electron chi connectivity index (χ0n) is 50.1. The van der Waals surface area contributed by atoms with Crippen molar-refractivity contribution in [2.24, 2.45) is 0 Å². The Hall–Kier alpha value is -1.66. The number of carbonyl (C=O) groups excluding carboxylic acids is 2. The predicted molar refractivity (Wildman–Crippen MR) is 324 cm³/mol. The van der Waals surface area contributed by atoms with Crippen LogP contribution in [-0.2, 0) is 14.3 Å². The summed E-state index contributed by atoms with van der Waals surface area (Å²) >= 11 is 0. The van der Waals surface area contributed by atoms with Crippen molar-refractivity contribution < 1.29 is 24.5 Å². The Balaban J connectivity index is 3.34. The number of unbranched alkanes of at least 4 members (excludes halogenated alkanes) is 50. The van der Waals surface area contributed by atoms with E-state index in [1.807, 2.05) is 6.08 Å². The first-order valence-electron chi connectivity index (χ1n) is 33.6. The van der Waals surface area contributed by atoms with E-state index in [0.29, 0.717) is 19.4 Å². The zero-order valence-corrected chi connectivity index (χ0v) is 50.1. The zero-order chi connectivity index (χ0) is 53.6. The summed E-state index contributed by atoms with van der Waals surface area (Å²) in [5.74, 6) is -0.0519. The van der Waals surface area contributed by atoms with Crippen LogP contribution in [0.3, 0.4) is 0 Å². The van der Waals surface area contributed by atoms with Gasteiger partial charge < -0.3 is 20.3 Å². The number of aliphatic hydroxyl groups is 2. The van der Waals surface area contributed by atoms with E-state index in [1.54, 1.807) is 6.08 Å². The highest BCUT2D eigenvalue weighted by molar-refractivity contribution is 5.76. The Bertz CT molecular complexity index is 1150. The maximum absolute atomic E-state index is 12.5. The normalized spacial score (nSPS) is 12.6. The number of rotatable bonds is 63. The molecule has 0 rings (SSSR count). The molecule has 0 bridgehead atoms. The van der Waals surface area contributed by atoms with Gasteiger partial charge in [0.2, 0.25) is 5.91 Å². The highest BCUT2D eigenvalue weighted by Crippen LogP contribution is 2.18. The molecule has 1 amide bonds. The van der Waals surface area contributed by atoms with Crippen molar-refractivity contribution in [3.05, 3.63) is 24.3 Å². The molecule has 0 spiro atoms. The molecule has 0 fully saturated rings. The molecule has 0 aromatic heterocycles. The van der Waals surface area contributed by atoms with Gasteiger partial charge in [-0.1, -0.05) is 327 Å². The van der Waals surface area contributed by atoms with Crippen LogP contribution >= 0.6 is 0 Å². The van der Waals surface area contributed by atoms with E-state index >= 15 is 0 Å². The van der Waals surface area contributed by atoms with Crippen molar-refractivity contribution in [1.29, 1.82) is 0 Å². The van der Waals surface area contributed by atoms with Crippen LogP contribution < -0.4 is 5.32 Å². The smallest absolute Gasteiger partial charge is 0.305 e. The summed E-state index contributed by atoms with van der Waals surface area (Å²) in [7, 11) is 0. The third-order valence-electron chi connectivity index (χ3n) is 15.7. The molecule has 3 N–H and O–H groups in total. The molecule has 0 heterocycles. The molecule has 438 valence electrons. The number of allylic oxidation sites excluding steroid dienone is 3. The lowest BCUT2D eigenvalue weighted by Gasteiger charge is -2.20. The van der Waals surface area contributed by atoms with Gasteiger partial charge in [0.25, 0.3) is 0 Å². The molecule has 0 saturated carbocycles. The van der Waals surface area contributed by atoms with Gasteiger partial charge in [-0.05, 0) is 57.8 Å². The number of esters is 1. The van der Waals surface area contributed by atoms with Gasteiger partial charge in [-0.15, -0.1) is 0 Å². The van der Waals surface area contributed by atoms with Crippen LogP contribution in [0.15, 0.2) is 24.3 Å². The lowest BCUT2D eigenvalue weighted by Crippen LogP contribution is -2.45. The minimum atomic E-state index is -0.841. The molecule has 6 nitrogen and oxygen atoms in total. The van der Waals surface area contributed by atoms with Crippen molar-refractivity contribution in [2.75, 3.05) is 13.2 Å². The number of hydrogen-bond acceptors (Lipinski definition) is 5. The van der Waals surface area contributed by atoms with E-state index in [0.717, 1.165) is 44.9 Å². The fourth-order valence-electron chi connectivity index (χ4n) is 10.6. The Morgan fingerprint density at radius 1 is 0.365 bits per heavy atom. The molecule has 74 heavy (non-hydrogen) atoms. The highest BCUT2D eigenvalue weighted by atomic mass is 16.5. The molecule has 0 aromatic carbocycles. The first kappa shape index (κ1) is 72.3.